The summed E-state index contributed by atoms with van der Waals surface area (Å²) in [5.41, 5.74) is 1.87. The van der Waals surface area contributed by atoms with Crippen molar-refractivity contribution >= 4 is 23.3 Å². The second kappa shape index (κ2) is 8.29. The molecule has 3 atom stereocenters. The molecule has 0 radical (unpaired) electrons. The van der Waals surface area contributed by atoms with E-state index in [1.807, 2.05) is 24.3 Å². The molecule has 0 aliphatic carbocycles. The van der Waals surface area contributed by atoms with Gasteiger partial charge in [-0.2, -0.15) is 0 Å². The molecule has 0 unspecified atom stereocenters. The zero-order chi connectivity index (χ0) is 23.1. The number of nitrogens with zero attached hydrogens (tertiary/aromatic N) is 2. The molecule has 1 fully saturated rings. The molecule has 0 bridgehead atoms. The van der Waals surface area contributed by atoms with Crippen LogP contribution in [0.4, 0.5) is 25.0 Å². The predicted octanol–water partition coefficient (Wildman–Crippen LogP) is 3.99. The predicted molar refractivity (Wildman–Crippen MR) is 119 cm³/mol. The van der Waals surface area contributed by atoms with Crippen molar-refractivity contribution in [3.05, 3.63) is 95.6 Å². The van der Waals surface area contributed by atoms with Gasteiger partial charge in [0.15, 0.2) is 0 Å². The number of carbonyl (C=O) groups excluding carboxylic acids is 2. The number of hydrogen-bond acceptors (Lipinski definition) is 3. The lowest BCUT2D eigenvalue weighted by atomic mass is 9.71. The molecule has 2 aliphatic heterocycles. The fourth-order valence-electron chi connectivity index (χ4n) is 4.86. The Morgan fingerprint density at radius 2 is 1.67 bits per heavy atom. The van der Waals surface area contributed by atoms with E-state index in [-0.39, 0.29) is 24.6 Å². The number of hydrogen-bond donors (Lipinski definition) is 2. The highest BCUT2D eigenvalue weighted by Gasteiger charge is 2.55. The fourth-order valence-corrected chi connectivity index (χ4v) is 4.86. The van der Waals surface area contributed by atoms with Crippen LogP contribution in [0.5, 0.6) is 0 Å². The summed E-state index contributed by atoms with van der Waals surface area (Å²) in [4.78, 5) is 29.3. The minimum atomic E-state index is -0.634. The summed E-state index contributed by atoms with van der Waals surface area (Å²) in [5, 5.41) is 12.8. The van der Waals surface area contributed by atoms with E-state index in [9.17, 15) is 23.5 Å². The maximum Gasteiger partial charge on any atom is 0.326 e. The van der Waals surface area contributed by atoms with E-state index in [1.165, 1.54) is 52.3 Å². The van der Waals surface area contributed by atoms with Gasteiger partial charge in [-0.05, 0) is 48.0 Å². The van der Waals surface area contributed by atoms with Crippen LogP contribution in [0, 0.1) is 11.6 Å². The number of fused-ring (bicyclic) bond motifs is 3. The van der Waals surface area contributed by atoms with Crippen LogP contribution in [-0.4, -0.2) is 47.2 Å². The average Bonchev–Trinajstić information content (AvgIpc) is 2.81. The van der Waals surface area contributed by atoms with E-state index >= 15 is 0 Å². The van der Waals surface area contributed by atoms with E-state index in [1.54, 1.807) is 6.07 Å². The third-order valence-electron chi connectivity index (χ3n) is 6.37. The molecule has 1 saturated heterocycles. The Kier molecular flexibility index (Phi) is 5.30. The van der Waals surface area contributed by atoms with Crippen molar-refractivity contribution in [3.8, 4) is 0 Å². The molecule has 2 N–H and O–H groups in total. The summed E-state index contributed by atoms with van der Waals surface area (Å²) in [7, 11) is 0. The van der Waals surface area contributed by atoms with Crippen LogP contribution in [0.3, 0.4) is 0 Å². The smallest absolute Gasteiger partial charge is 0.326 e. The molecule has 5 rings (SSSR count). The largest absolute Gasteiger partial charge is 0.394 e. The van der Waals surface area contributed by atoms with Gasteiger partial charge in [0.05, 0.1) is 24.3 Å². The summed E-state index contributed by atoms with van der Waals surface area (Å²) in [6, 6.07) is 17.1. The molecular formula is C25H21F2N3O3. The zero-order valence-corrected chi connectivity index (χ0v) is 17.5. The number of rotatable bonds is 3. The molecule has 3 aromatic rings. The fraction of sp³-hybridized carbons (Fsp3) is 0.200. The van der Waals surface area contributed by atoms with Crippen LogP contribution in [0.1, 0.15) is 21.8 Å². The third-order valence-corrected chi connectivity index (χ3v) is 6.37. The van der Waals surface area contributed by atoms with Gasteiger partial charge in [-0.1, -0.05) is 30.3 Å². The van der Waals surface area contributed by atoms with E-state index in [0.29, 0.717) is 11.4 Å². The number of benzene rings is 3. The molecule has 33 heavy (non-hydrogen) atoms. The van der Waals surface area contributed by atoms with Crippen molar-refractivity contribution in [2.75, 3.05) is 23.4 Å². The number of anilines is 2. The highest BCUT2D eigenvalue weighted by atomic mass is 19.1. The molecule has 0 aromatic heterocycles. The Labute approximate surface area is 189 Å². The van der Waals surface area contributed by atoms with E-state index in [0.717, 1.165) is 5.56 Å². The second-order valence-corrected chi connectivity index (χ2v) is 8.14. The summed E-state index contributed by atoms with van der Waals surface area (Å²) in [5.74, 6) is -1.75. The summed E-state index contributed by atoms with van der Waals surface area (Å²) in [6.45, 7) is -0.108. The maximum atomic E-state index is 14.3. The topological polar surface area (TPSA) is 72.9 Å². The summed E-state index contributed by atoms with van der Waals surface area (Å²) < 4.78 is 27.5. The van der Waals surface area contributed by atoms with E-state index in [4.69, 9.17) is 0 Å². The van der Waals surface area contributed by atoms with Gasteiger partial charge in [0.25, 0.3) is 5.91 Å². The minimum absolute atomic E-state index is 0.0735. The third kappa shape index (κ3) is 3.52. The standard InChI is InChI=1S/C25H21F2N3O3/c26-15-9-11-16(12-10-15)28-25(33)29-13-21-23(18-6-2-4-8-20(18)29)22(14-31)30(21)24(32)17-5-1-3-7-19(17)27/h1-12,21-23,31H,13-14H2,(H,28,33)/t21-,22+,23+/m1/s1. The lowest BCUT2D eigenvalue weighted by Crippen LogP contribution is -2.71. The first kappa shape index (κ1) is 21.1. The number of aliphatic hydroxyl groups excluding tert-OH is 1. The molecule has 0 saturated carbocycles. The maximum absolute atomic E-state index is 14.3. The SMILES string of the molecule is O=C(Nc1ccc(F)cc1)N1C[C@@H]2[C@H](c3ccccc31)[C@H](CO)N2C(=O)c1ccccc1F. The quantitative estimate of drug-likeness (QED) is 0.635. The highest BCUT2D eigenvalue weighted by molar-refractivity contribution is 6.03. The first-order valence-corrected chi connectivity index (χ1v) is 10.6. The van der Waals surface area contributed by atoms with E-state index in [2.05, 4.69) is 5.32 Å². The second-order valence-electron chi connectivity index (χ2n) is 8.14. The van der Waals surface area contributed by atoms with Gasteiger partial charge in [-0.15, -0.1) is 0 Å². The molecule has 0 spiro atoms. The number of likely N-dealkylation sites (tertiary alicyclic amines) is 1. The molecule has 3 aromatic carbocycles. The van der Waals surface area contributed by atoms with Gasteiger partial charge in [0.1, 0.15) is 11.6 Å². The number of aliphatic hydroxyl groups is 1. The number of para-hydroxylation sites is 1. The van der Waals surface area contributed by atoms with Crippen LogP contribution >= 0.6 is 0 Å². The molecule has 168 valence electrons. The highest BCUT2D eigenvalue weighted by Crippen LogP contribution is 2.48. The Morgan fingerprint density at radius 3 is 2.39 bits per heavy atom. The Morgan fingerprint density at radius 1 is 0.970 bits per heavy atom. The number of carbonyl (C=O) groups is 2. The summed E-state index contributed by atoms with van der Waals surface area (Å²) in [6.07, 6.45) is 0. The lowest BCUT2D eigenvalue weighted by molar-refractivity contribution is -0.0244. The number of amides is 3. The van der Waals surface area contributed by atoms with Crippen LogP contribution in [0.15, 0.2) is 72.8 Å². The average molecular weight is 449 g/mol. The Hall–Kier alpha value is -3.78. The van der Waals surface area contributed by atoms with Crippen LogP contribution in [0.25, 0.3) is 0 Å². The van der Waals surface area contributed by atoms with Crippen LogP contribution < -0.4 is 10.2 Å². The molecule has 2 heterocycles. The first-order chi connectivity index (χ1) is 16.0. The minimum Gasteiger partial charge on any atom is -0.394 e. The monoisotopic (exact) mass is 449 g/mol. The number of nitrogens with one attached hydrogen (secondary N) is 1. The van der Waals surface area contributed by atoms with Crippen LogP contribution in [-0.2, 0) is 0 Å². The normalized spacial score (nSPS) is 21.0. The van der Waals surface area contributed by atoms with Crippen molar-refractivity contribution < 1.29 is 23.5 Å². The van der Waals surface area contributed by atoms with Gasteiger partial charge >= 0.3 is 6.03 Å². The van der Waals surface area contributed by atoms with Crippen molar-refractivity contribution in [2.24, 2.45) is 0 Å². The Bertz CT molecular complexity index is 1220. The van der Waals surface area contributed by atoms with Crippen molar-refractivity contribution in [1.82, 2.24) is 4.90 Å². The molecule has 3 amide bonds. The number of halogens is 2. The molecular weight excluding hydrogens is 428 g/mol. The number of urea groups is 1. The lowest BCUT2D eigenvalue weighted by Gasteiger charge is -2.58. The van der Waals surface area contributed by atoms with Crippen LogP contribution in [0.2, 0.25) is 0 Å². The van der Waals surface area contributed by atoms with Crippen molar-refractivity contribution in [3.63, 3.8) is 0 Å². The van der Waals surface area contributed by atoms with Gasteiger partial charge in [0.2, 0.25) is 0 Å². The summed E-state index contributed by atoms with van der Waals surface area (Å²) >= 11 is 0. The van der Waals surface area contributed by atoms with Crippen molar-refractivity contribution in [2.45, 2.75) is 18.0 Å². The molecule has 2 aliphatic rings. The van der Waals surface area contributed by atoms with Gasteiger partial charge < -0.3 is 15.3 Å². The van der Waals surface area contributed by atoms with Gasteiger partial charge in [-0.3, -0.25) is 9.69 Å². The molecule has 6 nitrogen and oxygen atoms in total. The first-order valence-electron chi connectivity index (χ1n) is 10.6. The molecule has 8 heteroatoms. The Balaban J connectivity index is 1.47. The van der Waals surface area contributed by atoms with Gasteiger partial charge in [-0.25, -0.2) is 13.6 Å². The van der Waals surface area contributed by atoms with Gasteiger partial charge in [0, 0.05) is 23.8 Å². The van der Waals surface area contributed by atoms with E-state index < -0.39 is 35.7 Å². The zero-order valence-electron chi connectivity index (χ0n) is 17.5. The van der Waals surface area contributed by atoms with Crippen molar-refractivity contribution in [1.29, 1.82) is 0 Å².